The van der Waals surface area contributed by atoms with Crippen molar-refractivity contribution in [3.05, 3.63) is 47.5 Å². The first-order valence-corrected chi connectivity index (χ1v) is 15.3. The van der Waals surface area contributed by atoms with Crippen LogP contribution in [-0.2, 0) is 4.79 Å². The smallest absolute Gasteiger partial charge is 0.270 e. The molecule has 232 valence electrons. The van der Waals surface area contributed by atoms with Crippen LogP contribution in [0.15, 0.2) is 30.5 Å². The van der Waals surface area contributed by atoms with Gasteiger partial charge in [0, 0.05) is 44.3 Å². The van der Waals surface area contributed by atoms with Crippen LogP contribution in [0.1, 0.15) is 112 Å². The Balaban J connectivity index is 1.24. The number of H-pyrrole nitrogens is 1. The van der Waals surface area contributed by atoms with Gasteiger partial charge in [0.1, 0.15) is 11.5 Å². The van der Waals surface area contributed by atoms with Crippen LogP contribution in [0.3, 0.4) is 0 Å². The van der Waals surface area contributed by atoms with E-state index in [1.165, 1.54) is 0 Å². The molecule has 1 unspecified atom stereocenters. The Bertz CT molecular complexity index is 1480. The molecule has 3 aliphatic rings. The van der Waals surface area contributed by atoms with Crippen LogP contribution in [0.2, 0.25) is 0 Å². The summed E-state index contributed by atoms with van der Waals surface area (Å²) in [4.78, 5) is 34.3. The lowest BCUT2D eigenvalue weighted by Crippen LogP contribution is -2.39. The number of nitrogens with zero attached hydrogens (tertiary/aromatic N) is 3. The fraction of sp³-hybridized carbons (Fsp3) is 0.613. The van der Waals surface area contributed by atoms with Gasteiger partial charge < -0.3 is 15.6 Å². The highest BCUT2D eigenvalue weighted by Crippen LogP contribution is 2.45. The fourth-order valence-corrected chi connectivity index (χ4v) is 6.64. The van der Waals surface area contributed by atoms with Crippen molar-refractivity contribution >= 4 is 22.8 Å². The molecule has 6 rings (SSSR count). The molecule has 1 aromatic carbocycles. The number of aromatic amines is 1. The number of aromatic nitrogens is 4. The highest BCUT2D eigenvalue weighted by molar-refractivity contribution is 5.92. The van der Waals surface area contributed by atoms with Gasteiger partial charge in [-0.05, 0) is 81.0 Å². The molecule has 0 spiro atoms. The van der Waals surface area contributed by atoms with E-state index >= 15 is 0 Å². The number of hydrogen-bond donors (Lipinski definition) is 3. The number of benzene rings is 1. The maximum Gasteiger partial charge on any atom is 0.270 e. The molecular formula is C31H38F4N6O2. The van der Waals surface area contributed by atoms with Gasteiger partial charge in [0.25, 0.3) is 5.91 Å². The zero-order chi connectivity index (χ0) is 30.5. The number of halogens is 4. The van der Waals surface area contributed by atoms with Gasteiger partial charge in [0.2, 0.25) is 17.8 Å². The molecule has 2 aromatic heterocycles. The van der Waals surface area contributed by atoms with Crippen LogP contribution < -0.4 is 10.6 Å². The van der Waals surface area contributed by atoms with Gasteiger partial charge in [0.15, 0.2) is 0 Å². The molecule has 0 radical (unpaired) electrons. The lowest BCUT2D eigenvalue weighted by molar-refractivity contribution is -0.134. The molecule has 3 fully saturated rings. The predicted octanol–water partition coefficient (Wildman–Crippen LogP) is 6.64. The Morgan fingerprint density at radius 1 is 0.977 bits per heavy atom. The molecule has 3 aliphatic carbocycles. The average Bonchev–Trinajstić information content (AvgIpc) is 3.47. The summed E-state index contributed by atoms with van der Waals surface area (Å²) in [5.74, 6) is -5.73. The quantitative estimate of drug-likeness (QED) is 0.226. The van der Waals surface area contributed by atoms with Crippen LogP contribution in [0, 0.1) is 17.8 Å². The standard InChI is InChI=1S/C31H38F4N6O2/c1-17(2)41-24(9-12-36-41)29(43)40-27(20-7-10-30(32,33)11-8-20)28-37-22-6-5-21(14-23(22)38-28)26(19-3-4-19)39-25(42)13-18-15-31(34,35)16-18/h5-6,9,12,14,17-20,26-27H,3-4,7-8,10-11,13,15-16H2,1-2H3,(H,37,38)(H,39,42)(H,40,43)/t26?,27-/m0/s1. The van der Waals surface area contributed by atoms with Crippen LogP contribution >= 0.6 is 0 Å². The second kappa shape index (κ2) is 11.2. The highest BCUT2D eigenvalue weighted by Gasteiger charge is 2.46. The number of nitrogens with one attached hydrogen (secondary N) is 3. The minimum Gasteiger partial charge on any atom is -0.349 e. The Labute approximate surface area is 247 Å². The SMILES string of the molecule is CC(C)n1nccc1C(=O)N[C@H](c1nc2cc(C(NC(=O)CC3CC(F)(F)C3)C3CC3)ccc2[nH]1)C1CCC(F)(F)CC1. The Kier molecular flexibility index (Phi) is 7.75. The van der Waals surface area contributed by atoms with Crippen molar-refractivity contribution in [3.8, 4) is 0 Å². The van der Waals surface area contributed by atoms with E-state index in [4.69, 9.17) is 4.98 Å². The summed E-state index contributed by atoms with van der Waals surface area (Å²) in [6.07, 6.45) is 3.07. The normalized spacial score (nSPS) is 21.8. The molecule has 0 aliphatic heterocycles. The molecule has 3 saturated carbocycles. The Morgan fingerprint density at radius 3 is 2.33 bits per heavy atom. The van der Waals surface area contributed by atoms with E-state index in [0.717, 1.165) is 23.9 Å². The van der Waals surface area contributed by atoms with E-state index in [2.05, 4.69) is 20.7 Å². The fourth-order valence-electron chi connectivity index (χ4n) is 6.64. The van der Waals surface area contributed by atoms with Gasteiger partial charge >= 0.3 is 0 Å². The first-order chi connectivity index (χ1) is 20.4. The van der Waals surface area contributed by atoms with Crippen molar-refractivity contribution in [2.45, 2.75) is 102 Å². The molecule has 0 bridgehead atoms. The first kappa shape index (κ1) is 29.6. The number of carbonyl (C=O) groups is 2. The van der Waals surface area contributed by atoms with E-state index in [0.29, 0.717) is 17.0 Å². The number of imidazole rings is 1. The van der Waals surface area contributed by atoms with Gasteiger partial charge in [-0.15, -0.1) is 0 Å². The predicted molar refractivity (Wildman–Crippen MR) is 152 cm³/mol. The van der Waals surface area contributed by atoms with Gasteiger partial charge in [-0.2, -0.15) is 5.10 Å². The van der Waals surface area contributed by atoms with E-state index in [-0.39, 0.29) is 86.6 Å². The maximum absolute atomic E-state index is 14.1. The molecule has 43 heavy (non-hydrogen) atoms. The summed E-state index contributed by atoms with van der Waals surface area (Å²) in [6, 6.07) is 6.42. The number of rotatable bonds is 10. The number of hydrogen-bond acceptors (Lipinski definition) is 4. The van der Waals surface area contributed by atoms with Crippen molar-refractivity contribution in [1.29, 1.82) is 0 Å². The van der Waals surface area contributed by atoms with Gasteiger partial charge in [-0.3, -0.25) is 14.3 Å². The molecule has 12 heteroatoms. The van der Waals surface area contributed by atoms with Crippen molar-refractivity contribution in [2.24, 2.45) is 17.8 Å². The minimum atomic E-state index is -2.72. The summed E-state index contributed by atoms with van der Waals surface area (Å²) < 4.78 is 56.2. The summed E-state index contributed by atoms with van der Waals surface area (Å²) in [5, 5.41) is 10.4. The Morgan fingerprint density at radius 2 is 1.67 bits per heavy atom. The molecule has 0 saturated heterocycles. The van der Waals surface area contributed by atoms with Gasteiger partial charge in [-0.1, -0.05) is 6.07 Å². The van der Waals surface area contributed by atoms with Gasteiger partial charge in [-0.25, -0.2) is 22.5 Å². The summed E-state index contributed by atoms with van der Waals surface area (Å²) in [5.41, 5.74) is 2.62. The van der Waals surface area contributed by atoms with Crippen LogP contribution in [0.5, 0.6) is 0 Å². The summed E-state index contributed by atoms with van der Waals surface area (Å²) >= 11 is 0. The molecule has 3 aromatic rings. The number of amides is 2. The third-order valence-electron chi connectivity index (χ3n) is 9.15. The molecule has 2 atom stereocenters. The zero-order valence-electron chi connectivity index (χ0n) is 24.4. The molecule has 2 amide bonds. The van der Waals surface area contributed by atoms with Crippen molar-refractivity contribution in [1.82, 2.24) is 30.4 Å². The maximum atomic E-state index is 14.1. The second-order valence-electron chi connectivity index (χ2n) is 13.0. The third kappa shape index (κ3) is 6.57. The minimum absolute atomic E-state index is 0.0400. The summed E-state index contributed by atoms with van der Waals surface area (Å²) in [6.45, 7) is 3.84. The lowest BCUT2D eigenvalue weighted by atomic mass is 9.79. The Hall–Kier alpha value is -3.44. The van der Waals surface area contributed by atoms with Crippen LogP contribution in [-0.4, -0.2) is 43.4 Å². The molecular weight excluding hydrogens is 564 g/mol. The third-order valence-corrected chi connectivity index (χ3v) is 9.15. The second-order valence-corrected chi connectivity index (χ2v) is 13.0. The van der Waals surface area contributed by atoms with E-state index in [9.17, 15) is 27.2 Å². The lowest BCUT2D eigenvalue weighted by Gasteiger charge is -2.34. The average molecular weight is 603 g/mol. The van der Waals surface area contributed by atoms with Crippen molar-refractivity contribution in [3.63, 3.8) is 0 Å². The largest absolute Gasteiger partial charge is 0.349 e. The number of carbonyl (C=O) groups excluding carboxylic acids is 2. The zero-order valence-corrected chi connectivity index (χ0v) is 24.4. The highest BCUT2D eigenvalue weighted by atomic mass is 19.3. The molecule has 8 nitrogen and oxygen atoms in total. The van der Waals surface area contributed by atoms with Crippen LogP contribution in [0.25, 0.3) is 11.0 Å². The molecule has 3 N–H and O–H groups in total. The number of alkyl halides is 4. The topological polar surface area (TPSA) is 105 Å². The first-order valence-electron chi connectivity index (χ1n) is 15.3. The summed E-state index contributed by atoms with van der Waals surface area (Å²) in [7, 11) is 0. The number of fused-ring (bicyclic) bond motifs is 1. The van der Waals surface area contributed by atoms with Gasteiger partial charge in [0.05, 0.1) is 23.1 Å². The monoisotopic (exact) mass is 602 g/mol. The molecule has 2 heterocycles. The van der Waals surface area contributed by atoms with E-state index < -0.39 is 17.9 Å². The van der Waals surface area contributed by atoms with Crippen LogP contribution in [0.4, 0.5) is 17.6 Å². The van der Waals surface area contributed by atoms with E-state index in [1.54, 1.807) is 16.9 Å². The van der Waals surface area contributed by atoms with E-state index in [1.807, 2.05) is 32.0 Å². The van der Waals surface area contributed by atoms with Crippen molar-refractivity contribution < 1.29 is 27.2 Å². The van der Waals surface area contributed by atoms with Crippen molar-refractivity contribution in [2.75, 3.05) is 0 Å².